The van der Waals surface area contributed by atoms with Crippen LogP contribution in [0.2, 0.25) is 0 Å². The number of urea groups is 1. The van der Waals surface area contributed by atoms with Crippen LogP contribution in [0.1, 0.15) is 43.2 Å². The zero-order valence-electron chi connectivity index (χ0n) is 18.6. The molecular weight excluding hydrogens is 400 g/mol. The maximum absolute atomic E-state index is 12.9. The van der Waals surface area contributed by atoms with Gasteiger partial charge in [-0.15, -0.1) is 0 Å². The van der Waals surface area contributed by atoms with Crippen molar-refractivity contribution in [1.82, 2.24) is 9.80 Å². The van der Waals surface area contributed by atoms with Gasteiger partial charge in [0.15, 0.2) is 0 Å². The molecule has 1 atom stereocenters. The SMILES string of the molecule is O=C(Nc1ccccc1)N1CCN(CCCCC23CCCc4cccc(c42)NC3=O)CC1. The maximum Gasteiger partial charge on any atom is 0.321 e. The number of rotatable bonds is 6. The molecule has 2 heterocycles. The third-order valence-corrected chi connectivity index (χ3v) is 7.37. The van der Waals surface area contributed by atoms with Crippen molar-refractivity contribution in [3.05, 3.63) is 59.7 Å². The number of aryl methyl sites for hydroxylation is 1. The Bertz CT molecular complexity index is 985. The summed E-state index contributed by atoms with van der Waals surface area (Å²) in [5, 5.41) is 6.12. The lowest BCUT2D eigenvalue weighted by molar-refractivity contribution is -0.121. The van der Waals surface area contributed by atoms with Crippen LogP contribution in [0.25, 0.3) is 0 Å². The van der Waals surface area contributed by atoms with Crippen LogP contribution in [0.15, 0.2) is 48.5 Å². The number of nitrogens with zero attached hydrogens (tertiary/aromatic N) is 2. The Kier molecular flexibility index (Phi) is 5.87. The van der Waals surface area contributed by atoms with Crippen molar-refractivity contribution >= 4 is 23.3 Å². The highest BCUT2D eigenvalue weighted by Crippen LogP contribution is 2.49. The van der Waals surface area contributed by atoms with E-state index in [1.54, 1.807) is 0 Å². The number of piperazine rings is 1. The molecule has 5 rings (SSSR count). The van der Waals surface area contributed by atoms with Crippen molar-refractivity contribution in [3.63, 3.8) is 0 Å². The van der Waals surface area contributed by atoms with Gasteiger partial charge in [0.25, 0.3) is 0 Å². The summed E-state index contributed by atoms with van der Waals surface area (Å²) in [6.07, 6.45) is 6.22. The summed E-state index contributed by atoms with van der Waals surface area (Å²) in [6, 6.07) is 15.9. The van der Waals surface area contributed by atoms with Gasteiger partial charge >= 0.3 is 6.03 Å². The number of amides is 3. The minimum absolute atomic E-state index is 0.0195. The Hall–Kier alpha value is -2.86. The van der Waals surface area contributed by atoms with Crippen LogP contribution in [0.3, 0.4) is 0 Å². The number of unbranched alkanes of at least 4 members (excludes halogenated alkanes) is 1. The normalized spacial score (nSPS) is 22.4. The Balaban J connectivity index is 1.09. The fraction of sp³-hybridized carbons (Fsp3) is 0.462. The van der Waals surface area contributed by atoms with Crippen LogP contribution in [0.4, 0.5) is 16.2 Å². The minimum Gasteiger partial charge on any atom is -0.325 e. The van der Waals surface area contributed by atoms with Gasteiger partial charge in [0.1, 0.15) is 0 Å². The largest absolute Gasteiger partial charge is 0.325 e. The molecule has 2 N–H and O–H groups in total. The van der Waals surface area contributed by atoms with Crippen molar-refractivity contribution in [2.45, 2.75) is 43.9 Å². The molecule has 6 nitrogen and oxygen atoms in total. The number of nitrogens with one attached hydrogen (secondary N) is 2. The van der Waals surface area contributed by atoms with E-state index < -0.39 is 0 Å². The number of carbonyl (C=O) groups is 2. The van der Waals surface area contributed by atoms with E-state index in [1.807, 2.05) is 35.2 Å². The molecule has 2 aliphatic heterocycles. The van der Waals surface area contributed by atoms with Crippen molar-refractivity contribution < 1.29 is 9.59 Å². The van der Waals surface area contributed by atoms with Crippen LogP contribution in [0, 0.1) is 0 Å². The fourth-order valence-corrected chi connectivity index (χ4v) is 5.68. The Morgan fingerprint density at radius 3 is 2.62 bits per heavy atom. The third-order valence-electron chi connectivity index (χ3n) is 7.37. The average molecular weight is 433 g/mol. The zero-order chi connectivity index (χ0) is 22.0. The second kappa shape index (κ2) is 8.94. The zero-order valence-corrected chi connectivity index (χ0v) is 18.6. The quantitative estimate of drug-likeness (QED) is 0.672. The van der Waals surface area contributed by atoms with E-state index in [2.05, 4.69) is 33.7 Å². The molecule has 0 saturated carbocycles. The van der Waals surface area contributed by atoms with Gasteiger partial charge in [-0.25, -0.2) is 4.79 Å². The minimum atomic E-state index is -0.307. The summed E-state index contributed by atoms with van der Waals surface area (Å²) >= 11 is 0. The highest BCUT2D eigenvalue weighted by atomic mass is 16.2. The molecule has 0 bridgehead atoms. The van der Waals surface area contributed by atoms with E-state index in [0.717, 1.165) is 82.6 Å². The first kappa shape index (κ1) is 21.0. The number of para-hydroxylation sites is 1. The molecule has 0 aromatic heterocycles. The van der Waals surface area contributed by atoms with Gasteiger partial charge in [-0.05, 0) is 68.0 Å². The molecule has 6 heteroatoms. The summed E-state index contributed by atoms with van der Waals surface area (Å²) in [7, 11) is 0. The molecule has 32 heavy (non-hydrogen) atoms. The van der Waals surface area contributed by atoms with Crippen LogP contribution in [0.5, 0.6) is 0 Å². The highest BCUT2D eigenvalue weighted by Gasteiger charge is 2.48. The van der Waals surface area contributed by atoms with E-state index in [9.17, 15) is 9.59 Å². The lowest BCUT2D eigenvalue weighted by Gasteiger charge is -2.35. The van der Waals surface area contributed by atoms with Crippen molar-refractivity contribution in [2.24, 2.45) is 0 Å². The molecule has 168 valence electrons. The third kappa shape index (κ3) is 3.99. The van der Waals surface area contributed by atoms with E-state index in [1.165, 1.54) is 11.1 Å². The number of hydrogen-bond donors (Lipinski definition) is 2. The molecule has 1 saturated heterocycles. The number of benzene rings is 2. The topological polar surface area (TPSA) is 64.7 Å². The monoisotopic (exact) mass is 432 g/mol. The summed E-state index contributed by atoms with van der Waals surface area (Å²) in [5.74, 6) is 0.206. The van der Waals surface area contributed by atoms with Gasteiger partial charge in [0.2, 0.25) is 5.91 Å². The lowest BCUT2D eigenvalue weighted by Crippen LogP contribution is -2.50. The van der Waals surface area contributed by atoms with Crippen molar-refractivity contribution in [3.8, 4) is 0 Å². The Labute approximate surface area is 190 Å². The molecule has 1 aliphatic carbocycles. The standard InChI is InChI=1S/C26H32N4O2/c31-24-26(14-7-9-20-8-6-12-22(28-24)23(20)26)13-4-5-15-29-16-18-30(19-17-29)25(32)27-21-10-2-1-3-11-21/h1-3,6,8,10-12H,4-5,7,9,13-19H2,(H,27,32)(H,28,31). The summed E-state index contributed by atoms with van der Waals surface area (Å²) in [6.45, 7) is 4.34. The van der Waals surface area contributed by atoms with E-state index in [-0.39, 0.29) is 17.4 Å². The highest BCUT2D eigenvalue weighted by molar-refractivity contribution is 6.07. The first-order valence-electron chi connectivity index (χ1n) is 11.9. The molecular formula is C26H32N4O2. The van der Waals surface area contributed by atoms with Crippen molar-refractivity contribution in [1.29, 1.82) is 0 Å². The van der Waals surface area contributed by atoms with Crippen molar-refractivity contribution in [2.75, 3.05) is 43.4 Å². The summed E-state index contributed by atoms with van der Waals surface area (Å²) in [4.78, 5) is 29.7. The van der Waals surface area contributed by atoms with E-state index in [0.29, 0.717) is 0 Å². The van der Waals surface area contributed by atoms with Crippen LogP contribution < -0.4 is 10.6 Å². The second-order valence-corrected chi connectivity index (χ2v) is 9.31. The van der Waals surface area contributed by atoms with Gasteiger partial charge in [0.05, 0.1) is 5.41 Å². The fourth-order valence-electron chi connectivity index (χ4n) is 5.68. The summed E-state index contributed by atoms with van der Waals surface area (Å²) < 4.78 is 0. The first-order chi connectivity index (χ1) is 15.7. The molecule has 0 radical (unpaired) electrons. The molecule has 0 spiro atoms. The Morgan fingerprint density at radius 2 is 1.81 bits per heavy atom. The van der Waals surface area contributed by atoms with Gasteiger partial charge in [-0.1, -0.05) is 36.8 Å². The van der Waals surface area contributed by atoms with Gasteiger partial charge < -0.3 is 15.5 Å². The maximum atomic E-state index is 12.9. The second-order valence-electron chi connectivity index (χ2n) is 9.31. The average Bonchev–Trinajstić information content (AvgIpc) is 3.11. The van der Waals surface area contributed by atoms with Crippen LogP contribution >= 0.6 is 0 Å². The lowest BCUT2D eigenvalue weighted by atomic mass is 9.68. The molecule has 2 aromatic carbocycles. The summed E-state index contributed by atoms with van der Waals surface area (Å²) in [5.41, 5.74) is 4.21. The smallest absolute Gasteiger partial charge is 0.321 e. The molecule has 3 aliphatic rings. The predicted octanol–water partition coefficient (Wildman–Crippen LogP) is 4.23. The molecule has 3 amide bonds. The number of hydrogen-bond acceptors (Lipinski definition) is 3. The van der Waals surface area contributed by atoms with Crippen LogP contribution in [-0.2, 0) is 16.6 Å². The van der Waals surface area contributed by atoms with Crippen LogP contribution in [-0.4, -0.2) is 54.5 Å². The number of anilines is 2. The Morgan fingerprint density at radius 1 is 1.00 bits per heavy atom. The van der Waals surface area contributed by atoms with Gasteiger partial charge in [0, 0.05) is 37.6 Å². The predicted molar refractivity (Wildman–Crippen MR) is 127 cm³/mol. The number of carbonyl (C=O) groups excluding carboxylic acids is 2. The molecule has 1 unspecified atom stereocenters. The molecule has 1 fully saturated rings. The van der Waals surface area contributed by atoms with E-state index in [4.69, 9.17) is 0 Å². The van der Waals surface area contributed by atoms with Gasteiger partial charge in [-0.2, -0.15) is 0 Å². The molecule has 2 aromatic rings. The van der Waals surface area contributed by atoms with Gasteiger partial charge in [-0.3, -0.25) is 9.69 Å². The van der Waals surface area contributed by atoms with E-state index >= 15 is 0 Å². The first-order valence-corrected chi connectivity index (χ1v) is 11.9.